The molecule has 1 aromatic heterocycles. The van der Waals surface area contributed by atoms with Gasteiger partial charge in [-0.1, -0.05) is 18.2 Å². The highest BCUT2D eigenvalue weighted by Crippen LogP contribution is 2.15. The summed E-state index contributed by atoms with van der Waals surface area (Å²) in [5, 5.41) is 0. The van der Waals surface area contributed by atoms with Crippen molar-refractivity contribution in [2.24, 2.45) is 0 Å². The van der Waals surface area contributed by atoms with E-state index in [-0.39, 0.29) is 5.91 Å². The van der Waals surface area contributed by atoms with Crippen LogP contribution in [0.15, 0.2) is 42.7 Å². The molecule has 1 aromatic carbocycles. The molecule has 2 rings (SSSR count). The highest BCUT2D eigenvalue weighted by Gasteiger charge is 2.17. The van der Waals surface area contributed by atoms with Gasteiger partial charge in [0, 0.05) is 17.9 Å². The number of para-hydroxylation sites is 1. The van der Waals surface area contributed by atoms with Crippen LogP contribution < -0.4 is 4.90 Å². The van der Waals surface area contributed by atoms with Gasteiger partial charge in [-0.2, -0.15) is 0 Å². The molecule has 0 aliphatic carbocycles. The van der Waals surface area contributed by atoms with Gasteiger partial charge in [0.15, 0.2) is 0 Å². The van der Waals surface area contributed by atoms with E-state index in [1.807, 2.05) is 44.2 Å². The molecule has 0 aliphatic rings. The smallest absolute Gasteiger partial charge is 0.276 e. The second-order valence-electron chi connectivity index (χ2n) is 3.93. The maximum Gasteiger partial charge on any atom is 0.276 e. The molecule has 1 amide bonds. The summed E-state index contributed by atoms with van der Waals surface area (Å²) in [4.78, 5) is 22.1. The number of aromatic nitrogens is 2. The van der Waals surface area contributed by atoms with Crippen molar-refractivity contribution in [3.05, 3.63) is 54.1 Å². The second kappa shape index (κ2) is 5.40. The molecule has 2 aromatic rings. The van der Waals surface area contributed by atoms with Crippen molar-refractivity contribution < 1.29 is 4.79 Å². The normalized spacial score (nSPS) is 10.1. The zero-order valence-corrected chi connectivity index (χ0v) is 10.5. The van der Waals surface area contributed by atoms with Crippen LogP contribution in [0.4, 0.5) is 5.69 Å². The summed E-state index contributed by atoms with van der Waals surface area (Å²) in [5.41, 5.74) is 2.09. The van der Waals surface area contributed by atoms with Crippen LogP contribution in [-0.2, 0) is 0 Å². The lowest BCUT2D eigenvalue weighted by atomic mass is 10.2. The molecule has 1 heterocycles. The first kappa shape index (κ1) is 12.2. The predicted octanol–water partition coefficient (Wildman–Crippen LogP) is 2.45. The molecule has 4 nitrogen and oxygen atoms in total. The third-order valence-corrected chi connectivity index (χ3v) is 2.65. The van der Waals surface area contributed by atoms with Crippen LogP contribution in [0, 0.1) is 6.92 Å². The number of hydrogen-bond acceptors (Lipinski definition) is 3. The number of carbonyl (C=O) groups excluding carboxylic acids is 1. The molecule has 0 atom stereocenters. The van der Waals surface area contributed by atoms with E-state index in [1.165, 1.54) is 6.33 Å². The first-order valence-corrected chi connectivity index (χ1v) is 5.88. The van der Waals surface area contributed by atoms with Crippen LogP contribution >= 0.6 is 0 Å². The maximum atomic E-state index is 12.4. The predicted molar refractivity (Wildman–Crippen MR) is 70.6 cm³/mol. The van der Waals surface area contributed by atoms with Gasteiger partial charge in [-0.3, -0.25) is 4.79 Å². The lowest BCUT2D eigenvalue weighted by molar-refractivity contribution is 0.0983. The van der Waals surface area contributed by atoms with Crippen LogP contribution in [0.2, 0.25) is 0 Å². The zero-order chi connectivity index (χ0) is 13.0. The van der Waals surface area contributed by atoms with Crippen LogP contribution in [0.25, 0.3) is 0 Å². The maximum absolute atomic E-state index is 12.4. The van der Waals surface area contributed by atoms with Gasteiger partial charge in [-0.25, -0.2) is 9.97 Å². The van der Waals surface area contributed by atoms with Gasteiger partial charge in [-0.15, -0.1) is 0 Å². The summed E-state index contributed by atoms with van der Waals surface area (Å²) in [6.07, 6.45) is 1.42. The Labute approximate surface area is 106 Å². The molecule has 0 radical (unpaired) electrons. The fraction of sp³-hybridized carbons (Fsp3) is 0.214. The molecule has 18 heavy (non-hydrogen) atoms. The van der Waals surface area contributed by atoms with Gasteiger partial charge in [0.2, 0.25) is 0 Å². The van der Waals surface area contributed by atoms with Crippen molar-refractivity contribution >= 4 is 11.6 Å². The van der Waals surface area contributed by atoms with E-state index in [9.17, 15) is 4.79 Å². The van der Waals surface area contributed by atoms with Crippen molar-refractivity contribution in [2.45, 2.75) is 13.8 Å². The van der Waals surface area contributed by atoms with Gasteiger partial charge >= 0.3 is 0 Å². The molecule has 4 heteroatoms. The summed E-state index contributed by atoms with van der Waals surface area (Å²) < 4.78 is 0. The Morgan fingerprint density at radius 3 is 2.56 bits per heavy atom. The van der Waals surface area contributed by atoms with Crippen molar-refractivity contribution in [1.29, 1.82) is 0 Å². The number of aryl methyl sites for hydroxylation is 1. The van der Waals surface area contributed by atoms with Crippen LogP contribution in [0.1, 0.15) is 23.1 Å². The molecular weight excluding hydrogens is 226 g/mol. The van der Waals surface area contributed by atoms with E-state index in [4.69, 9.17) is 0 Å². The Morgan fingerprint density at radius 1 is 1.22 bits per heavy atom. The van der Waals surface area contributed by atoms with Gasteiger partial charge in [-0.05, 0) is 32.0 Å². The summed E-state index contributed by atoms with van der Waals surface area (Å²) in [5.74, 6) is -0.103. The summed E-state index contributed by atoms with van der Waals surface area (Å²) in [6, 6.07) is 11.3. The summed E-state index contributed by atoms with van der Waals surface area (Å²) in [7, 11) is 0. The molecule has 0 saturated carbocycles. The number of rotatable bonds is 3. The number of anilines is 1. The van der Waals surface area contributed by atoms with Gasteiger partial charge in [0.25, 0.3) is 5.91 Å². The molecule has 0 bridgehead atoms. The van der Waals surface area contributed by atoms with Crippen molar-refractivity contribution in [2.75, 3.05) is 11.4 Å². The van der Waals surface area contributed by atoms with Gasteiger partial charge in [0.05, 0.1) is 0 Å². The molecule has 0 fully saturated rings. The van der Waals surface area contributed by atoms with E-state index in [1.54, 1.807) is 11.0 Å². The van der Waals surface area contributed by atoms with Crippen molar-refractivity contribution in [3.63, 3.8) is 0 Å². The number of amides is 1. The fourth-order valence-corrected chi connectivity index (χ4v) is 1.76. The Morgan fingerprint density at radius 2 is 1.94 bits per heavy atom. The number of nitrogens with zero attached hydrogens (tertiary/aromatic N) is 3. The van der Waals surface area contributed by atoms with E-state index < -0.39 is 0 Å². The minimum Gasteiger partial charge on any atom is -0.307 e. The Kier molecular flexibility index (Phi) is 3.67. The third-order valence-electron chi connectivity index (χ3n) is 2.65. The minimum absolute atomic E-state index is 0.103. The van der Waals surface area contributed by atoms with Crippen molar-refractivity contribution in [3.8, 4) is 0 Å². The van der Waals surface area contributed by atoms with Crippen LogP contribution in [0.3, 0.4) is 0 Å². The Balaban J connectivity index is 2.32. The molecule has 0 aliphatic heterocycles. The molecule has 0 unspecified atom stereocenters. The van der Waals surface area contributed by atoms with Gasteiger partial charge in [0.1, 0.15) is 12.0 Å². The average molecular weight is 241 g/mol. The third kappa shape index (κ3) is 2.53. The van der Waals surface area contributed by atoms with Crippen LogP contribution in [0.5, 0.6) is 0 Å². The number of carbonyl (C=O) groups is 1. The summed E-state index contributed by atoms with van der Waals surface area (Å²) >= 11 is 0. The highest BCUT2D eigenvalue weighted by atomic mass is 16.2. The monoisotopic (exact) mass is 241 g/mol. The molecular formula is C14H15N3O. The minimum atomic E-state index is -0.103. The van der Waals surface area contributed by atoms with Crippen molar-refractivity contribution in [1.82, 2.24) is 9.97 Å². The standard InChI is InChI=1S/C14H15N3O/c1-3-17(12-7-5-4-6-8-12)14(18)13-9-11(2)15-10-16-13/h4-10H,3H2,1-2H3. The van der Waals surface area contributed by atoms with E-state index in [2.05, 4.69) is 9.97 Å². The molecule has 0 N–H and O–H groups in total. The quantitative estimate of drug-likeness (QED) is 0.829. The first-order valence-electron chi connectivity index (χ1n) is 5.88. The number of benzene rings is 1. The zero-order valence-electron chi connectivity index (χ0n) is 10.5. The van der Waals surface area contributed by atoms with Crippen LogP contribution in [-0.4, -0.2) is 22.4 Å². The Bertz CT molecular complexity index is 540. The molecule has 0 saturated heterocycles. The van der Waals surface area contributed by atoms with E-state index in [0.29, 0.717) is 12.2 Å². The largest absolute Gasteiger partial charge is 0.307 e. The Hall–Kier alpha value is -2.23. The number of hydrogen-bond donors (Lipinski definition) is 0. The average Bonchev–Trinajstić information content (AvgIpc) is 2.41. The summed E-state index contributed by atoms with van der Waals surface area (Å²) in [6.45, 7) is 4.39. The van der Waals surface area contributed by atoms with E-state index >= 15 is 0 Å². The van der Waals surface area contributed by atoms with E-state index in [0.717, 1.165) is 11.4 Å². The second-order valence-corrected chi connectivity index (χ2v) is 3.93. The fourth-order valence-electron chi connectivity index (χ4n) is 1.76. The first-order chi connectivity index (χ1) is 8.72. The molecule has 0 spiro atoms. The lowest BCUT2D eigenvalue weighted by Crippen LogP contribution is -2.31. The molecule has 92 valence electrons. The van der Waals surface area contributed by atoms with Gasteiger partial charge < -0.3 is 4.90 Å². The highest BCUT2D eigenvalue weighted by molar-refractivity contribution is 6.04. The SMILES string of the molecule is CCN(C(=O)c1cc(C)ncn1)c1ccccc1. The topological polar surface area (TPSA) is 46.1 Å². The lowest BCUT2D eigenvalue weighted by Gasteiger charge is -2.20.